The fourth-order valence-corrected chi connectivity index (χ4v) is 2.07. The monoisotopic (exact) mass is 291 g/mol. The molecule has 1 atom stereocenters. The third kappa shape index (κ3) is 3.18. The van der Waals surface area contributed by atoms with E-state index in [1.807, 2.05) is 0 Å². The van der Waals surface area contributed by atoms with E-state index in [-0.39, 0.29) is 6.79 Å². The van der Waals surface area contributed by atoms with Crippen LogP contribution in [-0.2, 0) is 10.3 Å². The molecule has 8 heteroatoms. The van der Waals surface area contributed by atoms with Gasteiger partial charge in [0, 0.05) is 11.5 Å². The van der Waals surface area contributed by atoms with Crippen molar-refractivity contribution in [3.63, 3.8) is 0 Å². The Kier molecular flexibility index (Phi) is 4.52. The molecule has 0 fully saturated rings. The van der Waals surface area contributed by atoms with Crippen LogP contribution in [0, 0.1) is 0 Å². The summed E-state index contributed by atoms with van der Waals surface area (Å²) >= 11 is 0. The fourth-order valence-electron chi connectivity index (χ4n) is 2.07. The fraction of sp³-hybridized carbons (Fsp3) is 0.462. The van der Waals surface area contributed by atoms with E-state index in [0.717, 1.165) is 0 Å². The Morgan fingerprint density at radius 2 is 2.29 bits per heavy atom. The minimum absolute atomic E-state index is 0.172. The number of hydrogen-bond donors (Lipinski definition) is 2. The van der Waals surface area contributed by atoms with E-state index < -0.39 is 11.4 Å². The smallest absolute Gasteiger partial charge is 0.242 e. The summed E-state index contributed by atoms with van der Waals surface area (Å²) in [6, 6.07) is 5.27. The van der Waals surface area contributed by atoms with Crippen LogP contribution in [0.2, 0.25) is 0 Å². The van der Waals surface area contributed by atoms with Gasteiger partial charge >= 0.3 is 0 Å². The van der Waals surface area contributed by atoms with Gasteiger partial charge in [0.1, 0.15) is 5.54 Å². The molecule has 3 N–H and O–H groups in total. The van der Waals surface area contributed by atoms with Crippen molar-refractivity contribution in [1.82, 2.24) is 5.32 Å². The summed E-state index contributed by atoms with van der Waals surface area (Å²) in [5.41, 5.74) is 13.4. The standard InChI is InChI=1S/C13H17N5O3/c1-13(12(14)19,16-5-2-6-17-18-15)9-3-4-10-11(7-9)21-8-20-10/h3-4,7,16H,2,5-6,8H2,1H3,(H2,14,19). The molecule has 0 radical (unpaired) electrons. The van der Waals surface area contributed by atoms with Crippen LogP contribution in [0.5, 0.6) is 11.5 Å². The summed E-state index contributed by atoms with van der Waals surface area (Å²) in [7, 11) is 0. The van der Waals surface area contributed by atoms with E-state index in [4.69, 9.17) is 20.7 Å². The van der Waals surface area contributed by atoms with Crippen molar-refractivity contribution in [2.75, 3.05) is 19.9 Å². The van der Waals surface area contributed by atoms with Gasteiger partial charge in [0.05, 0.1) is 0 Å². The molecule has 2 rings (SSSR count). The van der Waals surface area contributed by atoms with Gasteiger partial charge < -0.3 is 15.2 Å². The Morgan fingerprint density at radius 1 is 1.52 bits per heavy atom. The third-order valence-corrected chi connectivity index (χ3v) is 3.42. The molecule has 0 spiro atoms. The predicted octanol–water partition coefficient (Wildman–Crippen LogP) is 1.41. The number of fused-ring (bicyclic) bond motifs is 1. The quantitative estimate of drug-likeness (QED) is 0.341. The highest BCUT2D eigenvalue weighted by atomic mass is 16.7. The van der Waals surface area contributed by atoms with Gasteiger partial charge in [-0.15, -0.1) is 0 Å². The second-order valence-electron chi connectivity index (χ2n) is 4.79. The number of nitrogens with one attached hydrogen (secondary N) is 1. The van der Waals surface area contributed by atoms with Crippen molar-refractivity contribution in [3.05, 3.63) is 34.2 Å². The third-order valence-electron chi connectivity index (χ3n) is 3.42. The summed E-state index contributed by atoms with van der Waals surface area (Å²) < 4.78 is 10.6. The van der Waals surface area contributed by atoms with Crippen molar-refractivity contribution >= 4 is 5.91 Å². The molecule has 1 aromatic rings. The number of rotatable bonds is 7. The second kappa shape index (κ2) is 6.34. The largest absolute Gasteiger partial charge is 0.454 e. The number of hydrogen-bond acceptors (Lipinski definition) is 5. The zero-order valence-electron chi connectivity index (χ0n) is 11.7. The van der Waals surface area contributed by atoms with Gasteiger partial charge in [0.25, 0.3) is 0 Å². The zero-order chi connectivity index (χ0) is 15.3. The number of nitrogens with zero attached hydrogens (tertiary/aromatic N) is 3. The van der Waals surface area contributed by atoms with Crippen LogP contribution in [0.15, 0.2) is 23.3 Å². The van der Waals surface area contributed by atoms with Crippen LogP contribution in [-0.4, -0.2) is 25.8 Å². The molecule has 0 saturated heterocycles. The number of amides is 1. The Hall–Kier alpha value is -2.44. The molecule has 112 valence electrons. The minimum atomic E-state index is -1.03. The number of primary amides is 1. The lowest BCUT2D eigenvalue weighted by atomic mass is 9.90. The number of azide groups is 1. The van der Waals surface area contributed by atoms with E-state index in [1.165, 1.54) is 0 Å². The molecule has 1 amide bonds. The van der Waals surface area contributed by atoms with Crippen molar-refractivity contribution in [1.29, 1.82) is 0 Å². The molecule has 0 bridgehead atoms. The first-order valence-corrected chi connectivity index (χ1v) is 6.54. The summed E-state index contributed by atoms with van der Waals surface area (Å²) in [5, 5.41) is 6.55. The lowest BCUT2D eigenvalue weighted by Gasteiger charge is -2.28. The van der Waals surface area contributed by atoms with Crippen molar-refractivity contribution in [2.24, 2.45) is 10.8 Å². The number of benzene rings is 1. The molecule has 0 aromatic heterocycles. The van der Waals surface area contributed by atoms with Crippen LogP contribution >= 0.6 is 0 Å². The predicted molar refractivity (Wildman–Crippen MR) is 75.7 cm³/mol. The minimum Gasteiger partial charge on any atom is -0.454 e. The molecule has 1 heterocycles. The van der Waals surface area contributed by atoms with E-state index in [1.54, 1.807) is 25.1 Å². The lowest BCUT2D eigenvalue weighted by molar-refractivity contribution is -0.124. The first-order valence-electron chi connectivity index (χ1n) is 6.54. The van der Waals surface area contributed by atoms with Crippen molar-refractivity contribution < 1.29 is 14.3 Å². The molecule has 1 aliphatic heterocycles. The molecule has 21 heavy (non-hydrogen) atoms. The van der Waals surface area contributed by atoms with Gasteiger partial charge in [-0.05, 0) is 43.1 Å². The van der Waals surface area contributed by atoms with Gasteiger partial charge in [0.15, 0.2) is 11.5 Å². The van der Waals surface area contributed by atoms with Crippen LogP contribution in [0.3, 0.4) is 0 Å². The SMILES string of the molecule is CC(NCCCN=[N+]=[N-])(C(N)=O)c1ccc2c(c1)OCO2. The van der Waals surface area contributed by atoms with Crippen LogP contribution < -0.4 is 20.5 Å². The summed E-state index contributed by atoms with van der Waals surface area (Å²) in [6.07, 6.45) is 0.609. The molecule has 1 aliphatic rings. The van der Waals surface area contributed by atoms with Crippen LogP contribution in [0.4, 0.5) is 0 Å². The van der Waals surface area contributed by atoms with E-state index in [0.29, 0.717) is 36.6 Å². The topological polar surface area (TPSA) is 122 Å². The first kappa shape index (κ1) is 15.0. The maximum Gasteiger partial charge on any atom is 0.242 e. The van der Waals surface area contributed by atoms with E-state index in [9.17, 15) is 4.79 Å². The summed E-state index contributed by atoms with van der Waals surface area (Å²) in [4.78, 5) is 14.5. The molecule has 0 aliphatic carbocycles. The van der Waals surface area contributed by atoms with Gasteiger partial charge in [-0.2, -0.15) is 0 Å². The average molecular weight is 291 g/mol. The Bertz CT molecular complexity index is 585. The van der Waals surface area contributed by atoms with Crippen LogP contribution in [0.25, 0.3) is 10.4 Å². The zero-order valence-corrected chi connectivity index (χ0v) is 11.7. The second-order valence-corrected chi connectivity index (χ2v) is 4.79. The highest BCUT2D eigenvalue weighted by Gasteiger charge is 2.33. The number of carbonyl (C=O) groups excluding carboxylic acids is 1. The van der Waals surface area contributed by atoms with Crippen molar-refractivity contribution in [3.8, 4) is 11.5 Å². The molecule has 8 nitrogen and oxygen atoms in total. The number of ether oxygens (including phenoxy) is 2. The number of carbonyl (C=O) groups is 1. The van der Waals surface area contributed by atoms with E-state index in [2.05, 4.69) is 15.3 Å². The Morgan fingerprint density at radius 3 is 3.00 bits per heavy atom. The normalized spacial score (nSPS) is 15.1. The number of nitrogens with two attached hydrogens (primary N) is 1. The maximum atomic E-state index is 11.8. The van der Waals surface area contributed by atoms with Gasteiger partial charge in [-0.1, -0.05) is 11.2 Å². The highest BCUT2D eigenvalue weighted by molar-refractivity contribution is 5.86. The first-order chi connectivity index (χ1) is 10.1. The van der Waals surface area contributed by atoms with Gasteiger partial charge in [-0.25, -0.2) is 0 Å². The Balaban J connectivity index is 2.13. The summed E-state index contributed by atoms with van der Waals surface area (Å²) in [5.74, 6) is 0.745. The molecule has 1 unspecified atom stereocenters. The molecular formula is C13H17N5O3. The molecular weight excluding hydrogens is 274 g/mol. The van der Waals surface area contributed by atoms with E-state index >= 15 is 0 Å². The molecule has 0 saturated carbocycles. The maximum absolute atomic E-state index is 11.8. The highest BCUT2D eigenvalue weighted by Crippen LogP contribution is 2.35. The van der Waals surface area contributed by atoms with Gasteiger partial charge in [0.2, 0.25) is 12.7 Å². The lowest BCUT2D eigenvalue weighted by Crippen LogP contribution is -2.50. The summed E-state index contributed by atoms with van der Waals surface area (Å²) in [6.45, 7) is 2.73. The average Bonchev–Trinajstić information content (AvgIpc) is 2.94. The van der Waals surface area contributed by atoms with Gasteiger partial charge in [-0.3, -0.25) is 10.1 Å². The van der Waals surface area contributed by atoms with Crippen LogP contribution in [0.1, 0.15) is 18.9 Å². The van der Waals surface area contributed by atoms with Crippen molar-refractivity contribution in [2.45, 2.75) is 18.9 Å². The Labute approximate surface area is 121 Å². The molecule has 1 aromatic carbocycles.